The molecule has 0 fully saturated rings. The zero-order valence-electron chi connectivity index (χ0n) is 14.5. The van der Waals surface area contributed by atoms with Crippen LogP contribution in [0.1, 0.15) is 34.1 Å². The maximum atomic E-state index is 12.6. The van der Waals surface area contributed by atoms with Crippen LogP contribution in [-0.2, 0) is 0 Å². The lowest BCUT2D eigenvalue weighted by Crippen LogP contribution is -2.25. The second-order valence-electron chi connectivity index (χ2n) is 5.49. The molecule has 2 aromatic carbocycles. The van der Waals surface area contributed by atoms with E-state index in [1.807, 2.05) is 6.92 Å². The highest BCUT2D eigenvalue weighted by molar-refractivity contribution is 9.10. The van der Waals surface area contributed by atoms with Crippen LogP contribution < -0.4 is 15.4 Å². The summed E-state index contributed by atoms with van der Waals surface area (Å²) < 4.78 is 6.29. The van der Waals surface area contributed by atoms with Crippen LogP contribution in [0.3, 0.4) is 0 Å². The van der Waals surface area contributed by atoms with Gasteiger partial charge in [-0.3, -0.25) is 9.59 Å². The second kappa shape index (κ2) is 9.77. The van der Waals surface area contributed by atoms with Gasteiger partial charge in [-0.1, -0.05) is 25.1 Å². The van der Waals surface area contributed by atoms with E-state index in [-0.39, 0.29) is 11.8 Å². The summed E-state index contributed by atoms with van der Waals surface area (Å²) in [7, 11) is 0. The van der Waals surface area contributed by atoms with E-state index >= 15 is 0 Å². The Morgan fingerprint density at radius 1 is 1.19 bits per heavy atom. The summed E-state index contributed by atoms with van der Waals surface area (Å²) in [6.45, 7) is 6.56. The van der Waals surface area contributed by atoms with Gasteiger partial charge in [-0.15, -0.1) is 6.58 Å². The van der Waals surface area contributed by atoms with Crippen LogP contribution in [0.15, 0.2) is 59.6 Å². The number of benzene rings is 2. The second-order valence-corrected chi connectivity index (χ2v) is 6.35. The quantitative estimate of drug-likeness (QED) is 0.626. The molecule has 5 nitrogen and oxygen atoms in total. The van der Waals surface area contributed by atoms with Crippen molar-refractivity contribution in [1.29, 1.82) is 0 Å². The fraction of sp³-hybridized carbons (Fsp3) is 0.200. The highest BCUT2D eigenvalue weighted by Crippen LogP contribution is 2.27. The van der Waals surface area contributed by atoms with Crippen LogP contribution in [0, 0.1) is 0 Å². The summed E-state index contributed by atoms with van der Waals surface area (Å²) >= 11 is 3.42. The molecule has 0 aliphatic carbocycles. The molecular formula is C20H21BrN2O3. The molecule has 0 aliphatic rings. The lowest BCUT2D eigenvalue weighted by Gasteiger charge is -2.12. The van der Waals surface area contributed by atoms with Gasteiger partial charge in [-0.05, 0) is 52.7 Å². The molecule has 2 aromatic rings. The van der Waals surface area contributed by atoms with Crippen molar-refractivity contribution >= 4 is 33.4 Å². The Morgan fingerprint density at radius 2 is 1.96 bits per heavy atom. The molecule has 26 heavy (non-hydrogen) atoms. The number of amides is 2. The van der Waals surface area contributed by atoms with Gasteiger partial charge in [-0.2, -0.15) is 0 Å². The van der Waals surface area contributed by atoms with Gasteiger partial charge in [-0.25, -0.2) is 0 Å². The first-order chi connectivity index (χ1) is 12.6. The lowest BCUT2D eigenvalue weighted by atomic mass is 10.1. The predicted octanol–water partition coefficient (Wildman–Crippen LogP) is 4.41. The van der Waals surface area contributed by atoms with E-state index in [0.29, 0.717) is 40.2 Å². The minimum atomic E-state index is -0.309. The Hall–Kier alpha value is -2.60. The van der Waals surface area contributed by atoms with Crippen LogP contribution in [0.4, 0.5) is 5.69 Å². The number of carbonyl (C=O) groups excluding carboxylic acids is 2. The van der Waals surface area contributed by atoms with E-state index in [2.05, 4.69) is 33.1 Å². The van der Waals surface area contributed by atoms with Crippen LogP contribution in [0.2, 0.25) is 0 Å². The van der Waals surface area contributed by atoms with Gasteiger partial charge in [0, 0.05) is 12.1 Å². The van der Waals surface area contributed by atoms with E-state index in [0.717, 1.165) is 6.42 Å². The molecule has 0 atom stereocenters. The molecule has 136 valence electrons. The van der Waals surface area contributed by atoms with E-state index in [9.17, 15) is 9.59 Å². The van der Waals surface area contributed by atoms with Crippen LogP contribution >= 0.6 is 15.9 Å². The number of anilines is 1. The topological polar surface area (TPSA) is 67.4 Å². The number of halogens is 1. The Balaban J connectivity index is 2.16. The van der Waals surface area contributed by atoms with Crippen LogP contribution in [0.5, 0.6) is 5.75 Å². The van der Waals surface area contributed by atoms with E-state index in [1.165, 1.54) is 0 Å². The zero-order chi connectivity index (χ0) is 18.9. The summed E-state index contributed by atoms with van der Waals surface area (Å²) in [4.78, 5) is 24.8. The molecule has 2 N–H and O–H groups in total. The maximum absolute atomic E-state index is 12.6. The van der Waals surface area contributed by atoms with E-state index < -0.39 is 0 Å². The first kappa shape index (κ1) is 19.7. The van der Waals surface area contributed by atoms with Gasteiger partial charge in [0.15, 0.2) is 0 Å². The number of para-hydroxylation sites is 1. The third-order valence-electron chi connectivity index (χ3n) is 3.48. The fourth-order valence-corrected chi connectivity index (χ4v) is 2.71. The number of hydrogen-bond acceptors (Lipinski definition) is 3. The minimum absolute atomic E-state index is 0.273. The molecule has 0 unspecified atom stereocenters. The predicted molar refractivity (Wildman–Crippen MR) is 107 cm³/mol. The van der Waals surface area contributed by atoms with Gasteiger partial charge in [0.2, 0.25) is 0 Å². The monoisotopic (exact) mass is 416 g/mol. The van der Waals surface area contributed by atoms with Crippen LogP contribution in [-0.4, -0.2) is 25.0 Å². The number of nitrogens with one attached hydrogen (secondary N) is 2. The molecule has 0 spiro atoms. The highest BCUT2D eigenvalue weighted by atomic mass is 79.9. The summed E-state index contributed by atoms with van der Waals surface area (Å²) in [5, 5.41) is 5.49. The first-order valence-electron chi connectivity index (χ1n) is 8.28. The minimum Gasteiger partial charge on any atom is -0.492 e. The Labute approximate surface area is 161 Å². The van der Waals surface area contributed by atoms with Gasteiger partial charge >= 0.3 is 0 Å². The highest BCUT2D eigenvalue weighted by Gasteiger charge is 2.14. The molecule has 0 bridgehead atoms. The standard InChI is InChI=1S/C20H21BrN2O3/c1-3-11-22-20(25)15-7-5-6-8-17(15)23-19(24)14-9-10-18(16(21)13-14)26-12-4-2/h3,5-10,13H,1,4,11-12H2,2H3,(H,22,25)(H,23,24). The van der Waals surface area contributed by atoms with E-state index in [4.69, 9.17) is 4.74 Å². The zero-order valence-corrected chi connectivity index (χ0v) is 16.1. The SMILES string of the molecule is C=CCNC(=O)c1ccccc1NC(=O)c1ccc(OCCC)c(Br)c1. The lowest BCUT2D eigenvalue weighted by molar-refractivity contribution is 0.0959. The van der Waals surface area contributed by atoms with Crippen molar-refractivity contribution in [3.05, 3.63) is 70.7 Å². The van der Waals surface area contributed by atoms with Gasteiger partial charge < -0.3 is 15.4 Å². The Morgan fingerprint density at radius 3 is 2.65 bits per heavy atom. The average Bonchev–Trinajstić information content (AvgIpc) is 2.65. The normalized spacial score (nSPS) is 10.1. The van der Waals surface area contributed by atoms with Gasteiger partial charge in [0.25, 0.3) is 11.8 Å². The van der Waals surface area contributed by atoms with Crippen molar-refractivity contribution in [3.63, 3.8) is 0 Å². The molecular weight excluding hydrogens is 396 g/mol. The molecule has 0 heterocycles. The maximum Gasteiger partial charge on any atom is 0.255 e. The average molecular weight is 417 g/mol. The largest absolute Gasteiger partial charge is 0.492 e. The number of hydrogen-bond donors (Lipinski definition) is 2. The molecule has 0 saturated carbocycles. The first-order valence-corrected chi connectivity index (χ1v) is 9.08. The molecule has 2 rings (SSSR count). The Kier molecular flexibility index (Phi) is 7.41. The molecule has 0 aliphatic heterocycles. The number of rotatable bonds is 8. The summed E-state index contributed by atoms with van der Waals surface area (Å²) in [5.74, 6) is 0.106. The fourth-order valence-electron chi connectivity index (χ4n) is 2.22. The molecule has 0 radical (unpaired) electrons. The summed E-state index contributed by atoms with van der Waals surface area (Å²) in [5.41, 5.74) is 1.30. The summed E-state index contributed by atoms with van der Waals surface area (Å²) in [6, 6.07) is 12.0. The smallest absolute Gasteiger partial charge is 0.255 e. The third kappa shape index (κ3) is 5.20. The molecule has 0 saturated heterocycles. The number of ether oxygens (including phenoxy) is 1. The van der Waals surface area contributed by atoms with Crippen molar-refractivity contribution in [2.75, 3.05) is 18.5 Å². The van der Waals surface area contributed by atoms with Crippen molar-refractivity contribution in [3.8, 4) is 5.75 Å². The van der Waals surface area contributed by atoms with Gasteiger partial charge in [0.05, 0.1) is 22.3 Å². The molecule has 2 amide bonds. The Bertz CT molecular complexity index is 805. The van der Waals surface area contributed by atoms with Crippen molar-refractivity contribution < 1.29 is 14.3 Å². The van der Waals surface area contributed by atoms with Gasteiger partial charge in [0.1, 0.15) is 5.75 Å². The van der Waals surface area contributed by atoms with Crippen LogP contribution in [0.25, 0.3) is 0 Å². The van der Waals surface area contributed by atoms with Crippen molar-refractivity contribution in [2.45, 2.75) is 13.3 Å². The van der Waals surface area contributed by atoms with E-state index in [1.54, 1.807) is 48.5 Å². The number of carbonyl (C=O) groups is 2. The van der Waals surface area contributed by atoms with Crippen molar-refractivity contribution in [2.24, 2.45) is 0 Å². The molecule has 6 heteroatoms. The summed E-state index contributed by atoms with van der Waals surface area (Å²) in [6.07, 6.45) is 2.50. The van der Waals surface area contributed by atoms with Crippen molar-refractivity contribution in [1.82, 2.24) is 5.32 Å². The third-order valence-corrected chi connectivity index (χ3v) is 4.10. The molecule has 0 aromatic heterocycles.